The van der Waals surface area contributed by atoms with Gasteiger partial charge in [-0.05, 0) is 65.7 Å². The van der Waals surface area contributed by atoms with E-state index in [1.54, 1.807) is 44.4 Å². The number of hydrogen-bond donors (Lipinski definition) is 2. The van der Waals surface area contributed by atoms with E-state index in [2.05, 4.69) is 5.32 Å². The van der Waals surface area contributed by atoms with Crippen molar-refractivity contribution >= 4 is 22.4 Å². The fraction of sp³-hybridized carbons (Fsp3) is 0.143. The first-order valence-corrected chi connectivity index (χ1v) is 8.06. The van der Waals surface area contributed by atoms with E-state index in [4.69, 9.17) is 10.00 Å². The van der Waals surface area contributed by atoms with Crippen molar-refractivity contribution in [2.24, 2.45) is 0 Å². The summed E-state index contributed by atoms with van der Waals surface area (Å²) in [6, 6.07) is 19.9. The number of ether oxygens (including phenoxy) is 1. The quantitative estimate of drug-likeness (QED) is 0.726. The van der Waals surface area contributed by atoms with E-state index in [-0.39, 0.29) is 0 Å². The van der Waals surface area contributed by atoms with Crippen LogP contribution in [0.1, 0.15) is 18.1 Å². The molecule has 0 spiro atoms. The van der Waals surface area contributed by atoms with Gasteiger partial charge in [-0.3, -0.25) is 0 Å². The van der Waals surface area contributed by atoms with Crippen LogP contribution in [-0.2, 0) is 10.3 Å². The molecule has 26 heavy (non-hydrogen) atoms. The number of nitrogens with one attached hydrogen (secondary N) is 1. The van der Waals surface area contributed by atoms with Crippen molar-refractivity contribution in [3.8, 4) is 11.8 Å². The molecule has 1 atom stereocenters. The van der Waals surface area contributed by atoms with Crippen LogP contribution in [0.15, 0.2) is 60.7 Å². The van der Waals surface area contributed by atoms with Crippen LogP contribution in [0, 0.1) is 11.3 Å². The second-order valence-corrected chi connectivity index (χ2v) is 6.17. The Morgan fingerprint density at radius 2 is 1.73 bits per heavy atom. The number of carboxylic acids is 1. The molecule has 3 aromatic rings. The number of nitrogens with zero attached hydrogens (tertiary/aromatic N) is 1. The minimum Gasteiger partial charge on any atom is -0.497 e. The maximum Gasteiger partial charge on any atom is 0.333 e. The van der Waals surface area contributed by atoms with Crippen molar-refractivity contribution in [2.75, 3.05) is 12.4 Å². The predicted octanol–water partition coefficient (Wildman–Crippen LogP) is 4.13. The number of carbonyl (C=O) groups is 1. The van der Waals surface area contributed by atoms with Crippen molar-refractivity contribution in [3.05, 3.63) is 71.8 Å². The number of fused-ring (bicyclic) bond motifs is 1. The van der Waals surface area contributed by atoms with Gasteiger partial charge >= 0.3 is 5.97 Å². The van der Waals surface area contributed by atoms with Gasteiger partial charge in [0, 0.05) is 5.69 Å². The zero-order valence-corrected chi connectivity index (χ0v) is 14.5. The van der Waals surface area contributed by atoms with Crippen LogP contribution in [0.4, 0.5) is 5.69 Å². The molecule has 3 aromatic carbocycles. The highest BCUT2D eigenvalue weighted by molar-refractivity contribution is 5.89. The van der Waals surface area contributed by atoms with Crippen LogP contribution in [-0.4, -0.2) is 18.2 Å². The van der Waals surface area contributed by atoms with E-state index >= 15 is 0 Å². The summed E-state index contributed by atoms with van der Waals surface area (Å²) in [4.78, 5) is 12.1. The zero-order chi connectivity index (χ0) is 18.7. The maximum absolute atomic E-state index is 12.1. The van der Waals surface area contributed by atoms with Gasteiger partial charge in [0.15, 0.2) is 5.54 Å². The lowest BCUT2D eigenvalue weighted by molar-refractivity contribution is -0.142. The number of anilines is 1. The van der Waals surface area contributed by atoms with Crippen molar-refractivity contribution in [2.45, 2.75) is 12.5 Å². The Morgan fingerprint density at radius 1 is 1.08 bits per heavy atom. The second kappa shape index (κ2) is 6.77. The molecule has 0 aliphatic carbocycles. The number of rotatable bonds is 5. The van der Waals surface area contributed by atoms with Gasteiger partial charge in [0.05, 0.1) is 18.7 Å². The van der Waals surface area contributed by atoms with Gasteiger partial charge in [-0.15, -0.1) is 0 Å². The van der Waals surface area contributed by atoms with E-state index in [1.165, 1.54) is 0 Å². The van der Waals surface area contributed by atoms with Crippen LogP contribution in [0.5, 0.6) is 5.75 Å². The molecule has 0 fully saturated rings. The van der Waals surface area contributed by atoms with Crippen molar-refractivity contribution in [3.63, 3.8) is 0 Å². The molecule has 0 heterocycles. The monoisotopic (exact) mass is 346 g/mol. The number of aliphatic carboxylic acids is 1. The Balaban J connectivity index is 2.01. The summed E-state index contributed by atoms with van der Waals surface area (Å²) in [5.74, 6) is -0.239. The van der Waals surface area contributed by atoms with Crippen LogP contribution >= 0.6 is 0 Å². The topological polar surface area (TPSA) is 82.3 Å². The third kappa shape index (κ3) is 3.17. The van der Waals surface area contributed by atoms with E-state index in [0.29, 0.717) is 16.8 Å². The molecule has 2 N–H and O–H groups in total. The normalized spacial score (nSPS) is 12.8. The third-order valence-electron chi connectivity index (χ3n) is 4.46. The van der Waals surface area contributed by atoms with Gasteiger partial charge in [-0.1, -0.05) is 18.2 Å². The smallest absolute Gasteiger partial charge is 0.333 e. The molecule has 5 nitrogen and oxygen atoms in total. The highest BCUT2D eigenvalue weighted by Gasteiger charge is 2.35. The highest BCUT2D eigenvalue weighted by atomic mass is 16.5. The summed E-state index contributed by atoms with van der Waals surface area (Å²) < 4.78 is 5.23. The van der Waals surface area contributed by atoms with Crippen LogP contribution in [0.2, 0.25) is 0 Å². The molecule has 130 valence electrons. The molecule has 0 saturated carbocycles. The third-order valence-corrected chi connectivity index (χ3v) is 4.46. The Kier molecular flexibility index (Phi) is 4.51. The minimum absolute atomic E-state index is 0.521. The number of benzene rings is 3. The summed E-state index contributed by atoms with van der Waals surface area (Å²) in [6.45, 7) is 1.62. The second-order valence-electron chi connectivity index (χ2n) is 6.17. The molecule has 0 radical (unpaired) electrons. The van der Waals surface area contributed by atoms with Crippen molar-refractivity contribution in [1.29, 1.82) is 5.26 Å². The molecule has 0 aliphatic heterocycles. The van der Waals surface area contributed by atoms with Gasteiger partial charge in [-0.2, -0.15) is 5.26 Å². The largest absolute Gasteiger partial charge is 0.497 e. The van der Waals surface area contributed by atoms with E-state index in [9.17, 15) is 9.90 Å². The van der Waals surface area contributed by atoms with Crippen LogP contribution in [0.3, 0.4) is 0 Å². The lowest BCUT2D eigenvalue weighted by Gasteiger charge is -2.28. The summed E-state index contributed by atoms with van der Waals surface area (Å²) in [6.07, 6.45) is 0. The number of methoxy groups -OCH3 is 1. The highest BCUT2D eigenvalue weighted by Crippen LogP contribution is 2.30. The fourth-order valence-corrected chi connectivity index (χ4v) is 2.83. The molecule has 0 aliphatic rings. The maximum atomic E-state index is 12.1. The lowest BCUT2D eigenvalue weighted by Crippen LogP contribution is -2.40. The number of hydrogen-bond acceptors (Lipinski definition) is 4. The van der Waals surface area contributed by atoms with Crippen LogP contribution in [0.25, 0.3) is 10.8 Å². The lowest BCUT2D eigenvalue weighted by atomic mass is 9.89. The number of carboxylic acid groups (broad SMARTS) is 1. The molecule has 3 rings (SSSR count). The van der Waals surface area contributed by atoms with Crippen molar-refractivity contribution < 1.29 is 14.6 Å². The zero-order valence-electron chi connectivity index (χ0n) is 14.5. The summed E-state index contributed by atoms with van der Waals surface area (Å²) in [5.41, 5.74) is 0.463. The molecule has 0 aromatic heterocycles. The van der Waals surface area contributed by atoms with E-state index in [1.807, 2.05) is 36.4 Å². The number of nitriles is 1. The molecule has 0 saturated heterocycles. The first kappa shape index (κ1) is 17.3. The Hall–Kier alpha value is -3.52. The molecule has 0 bridgehead atoms. The van der Waals surface area contributed by atoms with Gasteiger partial charge < -0.3 is 15.2 Å². The van der Waals surface area contributed by atoms with Gasteiger partial charge in [0.25, 0.3) is 0 Å². The van der Waals surface area contributed by atoms with Gasteiger partial charge in [0.2, 0.25) is 0 Å². The van der Waals surface area contributed by atoms with E-state index in [0.717, 1.165) is 16.5 Å². The van der Waals surface area contributed by atoms with Gasteiger partial charge in [-0.25, -0.2) is 4.79 Å². The Bertz CT molecular complexity index is 1010. The summed E-state index contributed by atoms with van der Waals surface area (Å²) >= 11 is 0. The molecular formula is C21H18N2O3. The standard InChI is InChI=1S/C21H18N2O3/c1-21(20(24)25,23-18-8-3-14(13-22)4-9-18)17-7-5-16-12-19(26-2)10-6-15(16)11-17/h3-12,23H,1-2H3,(H,24,25). The molecular weight excluding hydrogens is 328 g/mol. The fourth-order valence-electron chi connectivity index (χ4n) is 2.83. The average molecular weight is 346 g/mol. The van der Waals surface area contributed by atoms with Crippen LogP contribution < -0.4 is 10.1 Å². The summed E-state index contributed by atoms with van der Waals surface area (Å²) in [5, 5.41) is 23.7. The minimum atomic E-state index is -1.32. The summed E-state index contributed by atoms with van der Waals surface area (Å²) in [7, 11) is 1.61. The Labute approximate surface area is 151 Å². The molecule has 5 heteroatoms. The first-order valence-electron chi connectivity index (χ1n) is 8.06. The molecule has 1 unspecified atom stereocenters. The van der Waals surface area contributed by atoms with Crippen molar-refractivity contribution in [1.82, 2.24) is 0 Å². The molecule has 0 amide bonds. The van der Waals surface area contributed by atoms with Gasteiger partial charge in [0.1, 0.15) is 5.75 Å². The van der Waals surface area contributed by atoms with E-state index < -0.39 is 11.5 Å². The Morgan fingerprint density at radius 3 is 2.35 bits per heavy atom. The average Bonchev–Trinajstić information content (AvgIpc) is 2.67. The first-order chi connectivity index (χ1) is 12.5. The predicted molar refractivity (Wildman–Crippen MR) is 100 cm³/mol. The SMILES string of the molecule is COc1ccc2cc(C(C)(Nc3ccc(C#N)cc3)C(=O)O)ccc2c1.